The van der Waals surface area contributed by atoms with Gasteiger partial charge in [0.05, 0.1) is 5.69 Å². The van der Waals surface area contributed by atoms with Crippen molar-refractivity contribution in [3.8, 4) is 11.1 Å². The van der Waals surface area contributed by atoms with Crippen molar-refractivity contribution in [2.24, 2.45) is 0 Å². The van der Waals surface area contributed by atoms with Gasteiger partial charge >= 0.3 is 0 Å². The summed E-state index contributed by atoms with van der Waals surface area (Å²) >= 11 is 0. The zero-order valence-electron chi connectivity index (χ0n) is 31.0. The zero-order valence-corrected chi connectivity index (χ0v) is 31.0. The van der Waals surface area contributed by atoms with Gasteiger partial charge in [0.2, 0.25) is 0 Å². The summed E-state index contributed by atoms with van der Waals surface area (Å²) in [7, 11) is 0. The van der Waals surface area contributed by atoms with Crippen LogP contribution in [-0.4, -0.2) is 0 Å². The fourth-order valence-corrected chi connectivity index (χ4v) is 8.22. The number of benzene rings is 9. The van der Waals surface area contributed by atoms with E-state index in [9.17, 15) is 0 Å². The number of aryl methyl sites for hydroxylation is 5. The van der Waals surface area contributed by atoms with E-state index in [1.54, 1.807) is 0 Å². The standard InChI is InChI=1S/C51H42N2/c1-33-10-6-15-43(28-33)52(44-16-7-11-34(2)29-44)47-25-22-41(31-36(47)4)42-23-26-48(37(5)32-42)53(45-17-8-12-35(3)30-45)49-27-21-40-19-18-38-13-9-14-39-20-24-46(49)51(40)50(38)39/h6-32H,1-5H3. The van der Waals surface area contributed by atoms with Crippen LogP contribution in [0.15, 0.2) is 164 Å². The number of hydrogen-bond donors (Lipinski definition) is 0. The maximum absolute atomic E-state index is 2.45. The molecule has 0 atom stereocenters. The first-order chi connectivity index (χ1) is 25.8. The molecule has 0 spiro atoms. The number of rotatable bonds is 7. The molecule has 0 aliphatic carbocycles. The van der Waals surface area contributed by atoms with Crippen molar-refractivity contribution in [3.05, 3.63) is 192 Å². The number of hydrogen-bond acceptors (Lipinski definition) is 2. The Hall–Kier alpha value is -6.38. The molecule has 0 saturated heterocycles. The van der Waals surface area contributed by atoms with Crippen molar-refractivity contribution in [1.82, 2.24) is 0 Å². The lowest BCUT2D eigenvalue weighted by Crippen LogP contribution is -2.12. The molecular formula is C51H42N2. The molecule has 0 fully saturated rings. The third-order valence-electron chi connectivity index (χ3n) is 10.7. The maximum Gasteiger partial charge on any atom is 0.0540 e. The molecule has 0 saturated carbocycles. The highest BCUT2D eigenvalue weighted by Gasteiger charge is 2.21. The van der Waals surface area contributed by atoms with Crippen LogP contribution in [0.4, 0.5) is 34.1 Å². The van der Waals surface area contributed by atoms with Gasteiger partial charge in [-0.2, -0.15) is 0 Å². The molecule has 0 aromatic heterocycles. The summed E-state index contributed by atoms with van der Waals surface area (Å²) in [6, 6.07) is 60.5. The Bertz CT molecular complexity index is 2750. The lowest BCUT2D eigenvalue weighted by molar-refractivity contribution is 1.23. The molecule has 0 amide bonds. The molecule has 2 nitrogen and oxygen atoms in total. The van der Waals surface area contributed by atoms with Crippen molar-refractivity contribution >= 4 is 66.4 Å². The van der Waals surface area contributed by atoms with Crippen molar-refractivity contribution < 1.29 is 0 Å². The van der Waals surface area contributed by atoms with Gasteiger partial charge in [0, 0.05) is 33.8 Å². The van der Waals surface area contributed by atoms with Crippen molar-refractivity contribution in [3.63, 3.8) is 0 Å². The van der Waals surface area contributed by atoms with E-state index >= 15 is 0 Å². The van der Waals surface area contributed by atoms with Crippen LogP contribution in [0.2, 0.25) is 0 Å². The molecule has 2 heteroatoms. The zero-order chi connectivity index (χ0) is 36.2. The third-order valence-corrected chi connectivity index (χ3v) is 10.7. The van der Waals surface area contributed by atoms with E-state index in [1.807, 2.05) is 0 Å². The van der Waals surface area contributed by atoms with Crippen molar-refractivity contribution in [1.29, 1.82) is 0 Å². The van der Waals surface area contributed by atoms with Crippen LogP contribution in [-0.2, 0) is 0 Å². The number of anilines is 6. The lowest BCUT2D eigenvalue weighted by atomic mass is 9.92. The van der Waals surface area contributed by atoms with Crippen molar-refractivity contribution in [2.45, 2.75) is 34.6 Å². The smallest absolute Gasteiger partial charge is 0.0540 e. The predicted octanol–water partition coefficient (Wildman–Crippen LogP) is 14.7. The maximum atomic E-state index is 2.45. The van der Waals surface area contributed by atoms with E-state index in [2.05, 4.69) is 208 Å². The van der Waals surface area contributed by atoms with E-state index in [-0.39, 0.29) is 0 Å². The van der Waals surface area contributed by atoms with Crippen LogP contribution in [0.25, 0.3) is 43.4 Å². The minimum absolute atomic E-state index is 1.16. The molecule has 256 valence electrons. The summed E-state index contributed by atoms with van der Waals surface area (Å²) in [5.41, 5.74) is 15.6. The molecule has 0 N–H and O–H groups in total. The van der Waals surface area contributed by atoms with Gasteiger partial charge in [-0.3, -0.25) is 0 Å². The van der Waals surface area contributed by atoms with Gasteiger partial charge in [-0.05, 0) is 167 Å². The van der Waals surface area contributed by atoms with Gasteiger partial charge in [-0.1, -0.05) is 97.1 Å². The third kappa shape index (κ3) is 5.77. The lowest BCUT2D eigenvalue weighted by Gasteiger charge is -2.30. The Morgan fingerprint density at radius 3 is 1.25 bits per heavy atom. The fraction of sp³-hybridized carbons (Fsp3) is 0.0980. The van der Waals surface area contributed by atoms with Crippen molar-refractivity contribution in [2.75, 3.05) is 9.80 Å². The van der Waals surface area contributed by atoms with Gasteiger partial charge in [-0.25, -0.2) is 0 Å². The minimum atomic E-state index is 1.16. The monoisotopic (exact) mass is 682 g/mol. The second kappa shape index (κ2) is 13.0. The second-order valence-corrected chi connectivity index (χ2v) is 14.6. The molecule has 0 aliphatic heterocycles. The van der Waals surface area contributed by atoms with Gasteiger partial charge in [-0.15, -0.1) is 0 Å². The summed E-state index contributed by atoms with van der Waals surface area (Å²) in [5, 5.41) is 7.75. The molecular weight excluding hydrogens is 641 g/mol. The molecule has 53 heavy (non-hydrogen) atoms. The molecule has 9 rings (SSSR count). The van der Waals surface area contributed by atoms with E-state index in [0.29, 0.717) is 0 Å². The molecule has 9 aromatic carbocycles. The van der Waals surface area contributed by atoms with Crippen LogP contribution >= 0.6 is 0 Å². The minimum Gasteiger partial charge on any atom is -0.310 e. The van der Waals surface area contributed by atoms with Crippen LogP contribution in [0.5, 0.6) is 0 Å². The Balaban J connectivity index is 1.15. The Kier molecular flexibility index (Phi) is 7.97. The molecule has 0 bridgehead atoms. The largest absolute Gasteiger partial charge is 0.310 e. The second-order valence-electron chi connectivity index (χ2n) is 14.6. The normalized spacial score (nSPS) is 11.5. The number of nitrogens with zero attached hydrogens (tertiary/aromatic N) is 2. The van der Waals surface area contributed by atoms with E-state index in [1.165, 1.54) is 88.3 Å². The molecule has 0 heterocycles. The van der Waals surface area contributed by atoms with E-state index in [0.717, 1.165) is 17.1 Å². The topological polar surface area (TPSA) is 6.48 Å². The van der Waals surface area contributed by atoms with Crippen LogP contribution in [0, 0.1) is 34.6 Å². The summed E-state index contributed by atoms with van der Waals surface area (Å²) in [6.45, 7) is 11.0. The molecule has 0 aliphatic rings. The summed E-state index contributed by atoms with van der Waals surface area (Å²) < 4.78 is 0. The fourth-order valence-electron chi connectivity index (χ4n) is 8.22. The highest BCUT2D eigenvalue weighted by atomic mass is 15.2. The van der Waals surface area contributed by atoms with E-state index in [4.69, 9.17) is 0 Å². The Morgan fingerprint density at radius 2 is 0.736 bits per heavy atom. The van der Waals surface area contributed by atoms with Gasteiger partial charge in [0.1, 0.15) is 0 Å². The van der Waals surface area contributed by atoms with E-state index < -0.39 is 0 Å². The van der Waals surface area contributed by atoms with Crippen LogP contribution < -0.4 is 9.80 Å². The molecule has 9 aromatic rings. The first-order valence-electron chi connectivity index (χ1n) is 18.5. The van der Waals surface area contributed by atoms with Gasteiger partial charge < -0.3 is 9.80 Å². The molecule has 0 unspecified atom stereocenters. The average molecular weight is 683 g/mol. The SMILES string of the molecule is Cc1cccc(N(c2cccc(C)c2)c2ccc(-c3ccc(N(c4cccc(C)c4)c4ccc5ccc6cccc7ccc4c5c67)c(C)c3)cc2C)c1. The summed E-state index contributed by atoms with van der Waals surface area (Å²) in [4.78, 5) is 4.83. The van der Waals surface area contributed by atoms with Gasteiger partial charge in [0.15, 0.2) is 0 Å². The quantitative estimate of drug-likeness (QED) is 0.154. The van der Waals surface area contributed by atoms with Crippen LogP contribution in [0.1, 0.15) is 27.8 Å². The highest BCUT2D eigenvalue weighted by molar-refractivity contribution is 6.25. The first-order valence-corrected chi connectivity index (χ1v) is 18.5. The molecule has 0 radical (unpaired) electrons. The summed E-state index contributed by atoms with van der Waals surface area (Å²) in [5.74, 6) is 0. The highest BCUT2D eigenvalue weighted by Crippen LogP contribution is 2.46. The summed E-state index contributed by atoms with van der Waals surface area (Å²) in [6.07, 6.45) is 0. The van der Waals surface area contributed by atoms with Crippen LogP contribution in [0.3, 0.4) is 0 Å². The van der Waals surface area contributed by atoms with Gasteiger partial charge in [0.25, 0.3) is 0 Å². The first kappa shape index (κ1) is 32.5. The Morgan fingerprint density at radius 1 is 0.321 bits per heavy atom. The Labute approximate surface area is 312 Å². The average Bonchev–Trinajstić information content (AvgIpc) is 3.16. The predicted molar refractivity (Wildman–Crippen MR) is 229 cm³/mol.